The lowest BCUT2D eigenvalue weighted by molar-refractivity contribution is -0.143. The maximum Gasteiger partial charge on any atom is 0.305 e. The van der Waals surface area contributed by atoms with Crippen molar-refractivity contribution in [1.82, 2.24) is 5.32 Å². The molecule has 2 unspecified atom stereocenters. The van der Waals surface area contributed by atoms with E-state index < -0.39 is 12.1 Å². The number of ether oxygens (including phenoxy) is 1. The van der Waals surface area contributed by atoms with Gasteiger partial charge in [0.15, 0.2) is 0 Å². The third-order valence-corrected chi connectivity index (χ3v) is 11.7. The molecule has 346 valence electrons. The summed E-state index contributed by atoms with van der Waals surface area (Å²) >= 11 is 0. The molecule has 0 rings (SSSR count). The third-order valence-electron chi connectivity index (χ3n) is 11.7. The Morgan fingerprint density at radius 3 is 1.34 bits per heavy atom. The summed E-state index contributed by atoms with van der Waals surface area (Å²) in [7, 11) is 0. The van der Waals surface area contributed by atoms with Crippen LogP contribution in [0.3, 0.4) is 0 Å². The molecule has 6 heteroatoms. The molecule has 0 heterocycles. The van der Waals surface area contributed by atoms with Gasteiger partial charge in [0, 0.05) is 12.8 Å². The van der Waals surface area contributed by atoms with Crippen LogP contribution < -0.4 is 5.32 Å². The van der Waals surface area contributed by atoms with E-state index in [-0.39, 0.29) is 18.5 Å². The number of rotatable bonds is 47. The molecular weight excluding hydrogens is 731 g/mol. The molecule has 0 saturated carbocycles. The van der Waals surface area contributed by atoms with E-state index in [9.17, 15) is 19.8 Å². The van der Waals surface area contributed by atoms with E-state index in [1.807, 2.05) is 0 Å². The summed E-state index contributed by atoms with van der Waals surface area (Å²) < 4.78 is 5.46. The Morgan fingerprint density at radius 1 is 0.475 bits per heavy atom. The second kappa shape index (κ2) is 48.7. The van der Waals surface area contributed by atoms with Crippen LogP contribution in [0.1, 0.15) is 264 Å². The molecule has 3 N–H and O–H groups in total. The molecule has 2 atom stereocenters. The molecule has 0 spiro atoms. The fourth-order valence-electron chi connectivity index (χ4n) is 7.66. The summed E-state index contributed by atoms with van der Waals surface area (Å²) in [5.74, 6) is -0.0880. The maximum absolute atomic E-state index is 12.4. The van der Waals surface area contributed by atoms with Gasteiger partial charge in [-0.1, -0.05) is 204 Å². The van der Waals surface area contributed by atoms with Crippen LogP contribution >= 0.6 is 0 Å². The fraction of sp³-hybridized carbons (Fsp3) is 0.849. The first-order valence-corrected chi connectivity index (χ1v) is 25.7. The van der Waals surface area contributed by atoms with Crippen molar-refractivity contribution in [1.29, 1.82) is 0 Å². The number of amides is 1. The summed E-state index contributed by atoms with van der Waals surface area (Å²) in [6, 6.07) is -0.561. The number of hydrogen-bond acceptors (Lipinski definition) is 5. The number of carbonyl (C=O) groups excluding carboxylic acids is 2. The van der Waals surface area contributed by atoms with Crippen molar-refractivity contribution in [2.24, 2.45) is 0 Å². The van der Waals surface area contributed by atoms with Crippen LogP contribution in [0, 0.1) is 0 Å². The van der Waals surface area contributed by atoms with Crippen molar-refractivity contribution in [2.75, 3.05) is 13.2 Å². The first-order valence-electron chi connectivity index (χ1n) is 25.7. The van der Waals surface area contributed by atoms with Crippen LogP contribution in [0.4, 0.5) is 0 Å². The van der Waals surface area contributed by atoms with Crippen molar-refractivity contribution in [2.45, 2.75) is 276 Å². The Labute approximate surface area is 366 Å². The number of esters is 1. The lowest BCUT2D eigenvalue weighted by Crippen LogP contribution is -2.45. The molecule has 0 aromatic rings. The third kappa shape index (κ3) is 45.4. The molecule has 6 nitrogen and oxygen atoms in total. The Kier molecular flexibility index (Phi) is 47.2. The molecule has 0 fully saturated rings. The van der Waals surface area contributed by atoms with Gasteiger partial charge in [-0.05, 0) is 83.5 Å². The minimum absolute atomic E-state index is 0.0206. The first kappa shape index (κ1) is 57.1. The SMILES string of the molecule is CCCCCC/C=C\C/C=C\CCCCCCCCCC(=O)OCCCCCCCC/C=C\CCCCCC(=O)NC(CO)C(O)CCCCCCCCCCCCC. The second-order valence-electron chi connectivity index (χ2n) is 17.5. The summed E-state index contributed by atoms with van der Waals surface area (Å²) in [4.78, 5) is 24.4. The van der Waals surface area contributed by atoms with Crippen LogP contribution in [0.5, 0.6) is 0 Å². The molecular formula is C53H99NO5. The van der Waals surface area contributed by atoms with Gasteiger partial charge in [0.1, 0.15) is 0 Å². The van der Waals surface area contributed by atoms with Crippen LogP contribution in [0.2, 0.25) is 0 Å². The van der Waals surface area contributed by atoms with E-state index in [1.54, 1.807) is 0 Å². The van der Waals surface area contributed by atoms with E-state index in [0.29, 0.717) is 25.9 Å². The normalized spacial score (nSPS) is 12.9. The highest BCUT2D eigenvalue weighted by atomic mass is 16.5. The first-order chi connectivity index (χ1) is 29.0. The second-order valence-corrected chi connectivity index (χ2v) is 17.5. The van der Waals surface area contributed by atoms with Crippen LogP contribution in [0.25, 0.3) is 0 Å². The quantitative estimate of drug-likeness (QED) is 0.0323. The zero-order valence-corrected chi connectivity index (χ0v) is 39.2. The summed E-state index contributed by atoms with van der Waals surface area (Å²) in [5, 5.41) is 23.1. The van der Waals surface area contributed by atoms with E-state index in [0.717, 1.165) is 77.0 Å². The average Bonchev–Trinajstić information content (AvgIpc) is 3.24. The molecule has 0 aliphatic heterocycles. The fourth-order valence-corrected chi connectivity index (χ4v) is 7.66. The van der Waals surface area contributed by atoms with Gasteiger partial charge in [0.25, 0.3) is 0 Å². The highest BCUT2D eigenvalue weighted by Crippen LogP contribution is 2.15. The number of unbranched alkanes of at least 4 members (excludes halogenated alkanes) is 30. The summed E-state index contributed by atoms with van der Waals surface area (Å²) in [6.07, 6.45) is 58.3. The Hall–Kier alpha value is -1.92. The van der Waals surface area contributed by atoms with Gasteiger partial charge in [0.2, 0.25) is 5.91 Å². The van der Waals surface area contributed by atoms with E-state index in [2.05, 4.69) is 55.6 Å². The molecule has 59 heavy (non-hydrogen) atoms. The minimum atomic E-state index is -0.680. The molecule has 0 bridgehead atoms. The number of aliphatic hydroxyl groups is 2. The van der Waals surface area contributed by atoms with Gasteiger partial charge < -0.3 is 20.3 Å². The van der Waals surface area contributed by atoms with Gasteiger partial charge in [-0.15, -0.1) is 0 Å². The van der Waals surface area contributed by atoms with Crippen LogP contribution in [0.15, 0.2) is 36.5 Å². The molecule has 0 aliphatic carbocycles. The van der Waals surface area contributed by atoms with E-state index in [1.165, 1.54) is 154 Å². The molecule has 0 radical (unpaired) electrons. The highest BCUT2D eigenvalue weighted by molar-refractivity contribution is 5.76. The summed E-state index contributed by atoms with van der Waals surface area (Å²) in [6.45, 7) is 4.87. The lowest BCUT2D eigenvalue weighted by atomic mass is 10.0. The molecule has 1 amide bonds. The van der Waals surface area contributed by atoms with Gasteiger partial charge in [-0.25, -0.2) is 0 Å². The van der Waals surface area contributed by atoms with Gasteiger partial charge >= 0.3 is 5.97 Å². The van der Waals surface area contributed by atoms with E-state index >= 15 is 0 Å². The minimum Gasteiger partial charge on any atom is -0.466 e. The zero-order chi connectivity index (χ0) is 43.0. The standard InChI is InChI=1S/C53H99NO5/c1-3-5-7-9-11-13-15-16-17-18-19-20-23-27-31-35-39-43-47-53(58)59-48-44-40-36-32-28-24-21-22-26-30-34-38-42-46-52(57)54-50(49-55)51(56)45-41-37-33-29-25-14-12-10-8-6-4-2/h13,15,17-18,22,26,50-51,55-56H,3-12,14,16,19-21,23-25,27-49H2,1-2H3,(H,54,57)/b15-13-,18-17-,26-22-. The molecule has 0 saturated heterocycles. The number of nitrogens with one attached hydrogen (secondary N) is 1. The predicted octanol–water partition coefficient (Wildman–Crippen LogP) is 15.3. The number of aliphatic hydroxyl groups excluding tert-OH is 2. The smallest absolute Gasteiger partial charge is 0.305 e. The molecule has 0 aliphatic rings. The average molecular weight is 830 g/mol. The Morgan fingerprint density at radius 2 is 0.847 bits per heavy atom. The zero-order valence-electron chi connectivity index (χ0n) is 39.2. The number of carbonyl (C=O) groups is 2. The van der Waals surface area contributed by atoms with E-state index in [4.69, 9.17) is 4.74 Å². The summed E-state index contributed by atoms with van der Waals surface area (Å²) in [5.41, 5.74) is 0. The number of hydrogen-bond donors (Lipinski definition) is 3. The van der Waals surface area contributed by atoms with Crippen LogP contribution in [-0.2, 0) is 14.3 Å². The number of allylic oxidation sites excluding steroid dienone is 6. The topological polar surface area (TPSA) is 95.9 Å². The highest BCUT2D eigenvalue weighted by Gasteiger charge is 2.20. The maximum atomic E-state index is 12.4. The predicted molar refractivity (Wildman–Crippen MR) is 255 cm³/mol. The monoisotopic (exact) mass is 830 g/mol. The Bertz CT molecular complexity index is 962. The molecule has 0 aromatic carbocycles. The van der Waals surface area contributed by atoms with Crippen molar-refractivity contribution < 1.29 is 24.5 Å². The lowest BCUT2D eigenvalue weighted by Gasteiger charge is -2.22. The van der Waals surface area contributed by atoms with Crippen molar-refractivity contribution in [3.63, 3.8) is 0 Å². The molecule has 0 aromatic heterocycles. The van der Waals surface area contributed by atoms with Gasteiger partial charge in [-0.3, -0.25) is 9.59 Å². The largest absolute Gasteiger partial charge is 0.466 e. The van der Waals surface area contributed by atoms with Crippen LogP contribution in [-0.4, -0.2) is 47.4 Å². The van der Waals surface area contributed by atoms with Gasteiger partial charge in [0.05, 0.1) is 25.4 Å². The van der Waals surface area contributed by atoms with Crippen molar-refractivity contribution in [3.8, 4) is 0 Å². The Balaban J connectivity index is 3.49. The van der Waals surface area contributed by atoms with Crippen molar-refractivity contribution >= 4 is 11.9 Å². The van der Waals surface area contributed by atoms with Crippen molar-refractivity contribution in [3.05, 3.63) is 36.5 Å². The van der Waals surface area contributed by atoms with Gasteiger partial charge in [-0.2, -0.15) is 0 Å².